The number of rotatable bonds is 7. The van der Waals surface area contributed by atoms with Crippen LogP contribution in [0.1, 0.15) is 40.2 Å². The first-order valence-electron chi connectivity index (χ1n) is 7.17. The van der Waals surface area contributed by atoms with Crippen molar-refractivity contribution in [3.63, 3.8) is 0 Å². The summed E-state index contributed by atoms with van der Waals surface area (Å²) in [5, 5.41) is 13.3. The summed E-state index contributed by atoms with van der Waals surface area (Å²) in [4.78, 5) is 2.39. The lowest BCUT2D eigenvalue weighted by atomic mass is 10.0. The van der Waals surface area contributed by atoms with E-state index >= 15 is 0 Å². The Kier molecular flexibility index (Phi) is 5.83. The predicted octanol–water partition coefficient (Wildman–Crippen LogP) is 3.10. The summed E-state index contributed by atoms with van der Waals surface area (Å²) in [5.74, 6) is 0. The number of benzene rings is 1. The molecule has 1 atom stereocenters. The second-order valence-electron chi connectivity index (χ2n) is 5.68. The van der Waals surface area contributed by atoms with Crippen molar-refractivity contribution in [3.05, 3.63) is 29.8 Å². The van der Waals surface area contributed by atoms with Crippen LogP contribution in [0.4, 0.5) is 5.69 Å². The van der Waals surface area contributed by atoms with E-state index in [0.717, 1.165) is 25.3 Å². The summed E-state index contributed by atoms with van der Waals surface area (Å²) < 4.78 is 0. The molecule has 2 N–H and O–H groups in total. The zero-order chi connectivity index (χ0) is 14.5. The molecule has 0 aromatic heterocycles. The fourth-order valence-corrected chi connectivity index (χ4v) is 1.89. The minimum Gasteiger partial charge on any atom is -0.388 e. The third-order valence-electron chi connectivity index (χ3n) is 3.67. The van der Waals surface area contributed by atoms with Gasteiger partial charge in [-0.25, -0.2) is 0 Å². The van der Waals surface area contributed by atoms with E-state index in [1.54, 1.807) is 0 Å². The Morgan fingerprint density at radius 1 is 1.26 bits per heavy atom. The van der Waals surface area contributed by atoms with Crippen molar-refractivity contribution in [1.82, 2.24) is 4.90 Å². The van der Waals surface area contributed by atoms with Gasteiger partial charge in [0.1, 0.15) is 0 Å². The van der Waals surface area contributed by atoms with E-state index in [0.29, 0.717) is 0 Å². The maximum absolute atomic E-state index is 9.97. The van der Waals surface area contributed by atoms with Gasteiger partial charge in [-0.05, 0) is 51.6 Å². The lowest BCUT2D eigenvalue weighted by Gasteiger charge is -2.28. The topological polar surface area (TPSA) is 35.5 Å². The molecule has 1 unspecified atom stereocenters. The summed E-state index contributed by atoms with van der Waals surface area (Å²) in [5.41, 5.74) is 1.64. The molecule has 108 valence electrons. The van der Waals surface area contributed by atoms with Gasteiger partial charge in [0.05, 0.1) is 11.6 Å². The molecule has 0 aliphatic heterocycles. The van der Waals surface area contributed by atoms with E-state index in [4.69, 9.17) is 0 Å². The highest BCUT2D eigenvalue weighted by atomic mass is 16.3. The van der Waals surface area contributed by atoms with Crippen LogP contribution in [0, 0.1) is 0 Å². The predicted molar refractivity (Wildman–Crippen MR) is 82.4 cm³/mol. The van der Waals surface area contributed by atoms with Crippen molar-refractivity contribution in [2.75, 3.05) is 18.4 Å². The van der Waals surface area contributed by atoms with Crippen molar-refractivity contribution in [2.24, 2.45) is 0 Å². The summed E-state index contributed by atoms with van der Waals surface area (Å²) in [6, 6.07) is 8.45. The van der Waals surface area contributed by atoms with Crippen molar-refractivity contribution in [3.8, 4) is 0 Å². The Morgan fingerprint density at radius 2 is 1.89 bits per heavy atom. The Balaban J connectivity index is 2.72. The molecular formula is C16H28N2O. The molecule has 3 nitrogen and oxygen atoms in total. The standard InChI is InChI=1S/C16H28N2O/c1-6-18(7-2)12-14-9-8-10-15(11-14)17-13(3)16(4,5)19/h8-11,13,17,19H,6-7,12H2,1-5H3. The number of nitrogens with zero attached hydrogens (tertiary/aromatic N) is 1. The highest BCUT2D eigenvalue weighted by Gasteiger charge is 2.21. The SMILES string of the molecule is CCN(CC)Cc1cccc(NC(C)C(C)(C)O)c1. The van der Waals surface area contributed by atoms with Crippen LogP contribution < -0.4 is 5.32 Å². The molecule has 0 saturated carbocycles. The summed E-state index contributed by atoms with van der Waals surface area (Å²) >= 11 is 0. The van der Waals surface area contributed by atoms with Crippen LogP contribution in [0.15, 0.2) is 24.3 Å². The maximum atomic E-state index is 9.97. The van der Waals surface area contributed by atoms with Gasteiger partial charge in [-0.3, -0.25) is 4.90 Å². The smallest absolute Gasteiger partial charge is 0.0789 e. The first kappa shape index (κ1) is 16.0. The van der Waals surface area contributed by atoms with Crippen LogP contribution in [-0.2, 0) is 6.54 Å². The van der Waals surface area contributed by atoms with Gasteiger partial charge in [0.15, 0.2) is 0 Å². The van der Waals surface area contributed by atoms with Gasteiger partial charge in [0, 0.05) is 12.2 Å². The van der Waals surface area contributed by atoms with Crippen LogP contribution in [0.3, 0.4) is 0 Å². The molecule has 0 amide bonds. The Bertz CT molecular complexity index is 381. The minimum absolute atomic E-state index is 0.0104. The highest BCUT2D eigenvalue weighted by molar-refractivity contribution is 5.46. The normalized spacial score (nSPS) is 13.6. The summed E-state index contributed by atoms with van der Waals surface area (Å²) in [7, 11) is 0. The molecular weight excluding hydrogens is 236 g/mol. The molecule has 1 rings (SSSR count). The van der Waals surface area contributed by atoms with Crippen LogP contribution in [0.2, 0.25) is 0 Å². The van der Waals surface area contributed by atoms with Gasteiger partial charge in [0.2, 0.25) is 0 Å². The summed E-state index contributed by atoms with van der Waals surface area (Å²) in [6.45, 7) is 13.1. The Morgan fingerprint density at radius 3 is 2.42 bits per heavy atom. The van der Waals surface area contributed by atoms with E-state index in [2.05, 4.69) is 42.3 Å². The van der Waals surface area contributed by atoms with Crippen molar-refractivity contribution in [1.29, 1.82) is 0 Å². The highest BCUT2D eigenvalue weighted by Crippen LogP contribution is 2.17. The van der Waals surface area contributed by atoms with E-state index < -0.39 is 5.60 Å². The van der Waals surface area contributed by atoms with Gasteiger partial charge in [-0.1, -0.05) is 26.0 Å². The molecule has 0 radical (unpaired) electrons. The molecule has 19 heavy (non-hydrogen) atoms. The fraction of sp³-hybridized carbons (Fsp3) is 0.625. The molecule has 0 spiro atoms. The van der Waals surface area contributed by atoms with Gasteiger partial charge in [-0.15, -0.1) is 0 Å². The van der Waals surface area contributed by atoms with Crippen LogP contribution in [0.5, 0.6) is 0 Å². The number of hydrogen-bond acceptors (Lipinski definition) is 3. The number of hydrogen-bond donors (Lipinski definition) is 2. The van der Waals surface area contributed by atoms with E-state index in [1.807, 2.05) is 26.8 Å². The van der Waals surface area contributed by atoms with Crippen molar-refractivity contribution in [2.45, 2.75) is 52.8 Å². The van der Waals surface area contributed by atoms with Crippen LogP contribution >= 0.6 is 0 Å². The molecule has 0 aliphatic carbocycles. The zero-order valence-electron chi connectivity index (χ0n) is 12.9. The zero-order valence-corrected chi connectivity index (χ0v) is 12.9. The molecule has 0 saturated heterocycles. The Labute approximate surface area is 117 Å². The van der Waals surface area contributed by atoms with Gasteiger partial charge in [0.25, 0.3) is 0 Å². The largest absolute Gasteiger partial charge is 0.388 e. The van der Waals surface area contributed by atoms with E-state index in [1.165, 1.54) is 5.56 Å². The number of anilines is 1. The maximum Gasteiger partial charge on any atom is 0.0789 e. The van der Waals surface area contributed by atoms with Gasteiger partial charge < -0.3 is 10.4 Å². The van der Waals surface area contributed by atoms with Crippen LogP contribution in [0.25, 0.3) is 0 Å². The molecule has 1 aromatic rings. The fourth-order valence-electron chi connectivity index (χ4n) is 1.89. The summed E-state index contributed by atoms with van der Waals surface area (Å²) in [6.07, 6.45) is 0. The average molecular weight is 264 g/mol. The monoisotopic (exact) mass is 264 g/mol. The molecule has 0 bridgehead atoms. The quantitative estimate of drug-likeness (QED) is 0.794. The molecule has 0 heterocycles. The van der Waals surface area contributed by atoms with Crippen molar-refractivity contribution >= 4 is 5.69 Å². The third-order valence-corrected chi connectivity index (χ3v) is 3.67. The second kappa shape index (κ2) is 6.92. The lowest BCUT2D eigenvalue weighted by Crippen LogP contribution is -2.39. The Hall–Kier alpha value is -1.06. The van der Waals surface area contributed by atoms with Crippen molar-refractivity contribution < 1.29 is 5.11 Å². The molecule has 1 aromatic carbocycles. The van der Waals surface area contributed by atoms with E-state index in [-0.39, 0.29) is 6.04 Å². The first-order valence-corrected chi connectivity index (χ1v) is 7.17. The second-order valence-corrected chi connectivity index (χ2v) is 5.68. The molecule has 0 fully saturated rings. The van der Waals surface area contributed by atoms with Gasteiger partial charge >= 0.3 is 0 Å². The van der Waals surface area contributed by atoms with E-state index in [9.17, 15) is 5.11 Å². The lowest BCUT2D eigenvalue weighted by molar-refractivity contribution is 0.0649. The average Bonchev–Trinajstić information content (AvgIpc) is 2.35. The molecule has 3 heteroatoms. The first-order chi connectivity index (χ1) is 8.86. The number of aliphatic hydroxyl groups is 1. The minimum atomic E-state index is -0.727. The van der Waals surface area contributed by atoms with Gasteiger partial charge in [-0.2, -0.15) is 0 Å². The number of nitrogens with one attached hydrogen (secondary N) is 1. The van der Waals surface area contributed by atoms with Crippen LogP contribution in [-0.4, -0.2) is 34.7 Å². The third kappa shape index (κ3) is 5.21. The molecule has 0 aliphatic rings.